The highest BCUT2D eigenvalue weighted by molar-refractivity contribution is 6.10. The lowest BCUT2D eigenvalue weighted by Crippen LogP contribution is -2.03. The van der Waals surface area contributed by atoms with Gasteiger partial charge in [0.25, 0.3) is 0 Å². The molecule has 0 aliphatic heterocycles. The summed E-state index contributed by atoms with van der Waals surface area (Å²) in [6.07, 6.45) is 0. The van der Waals surface area contributed by atoms with E-state index in [0.717, 1.165) is 22.3 Å². The molecule has 0 bridgehead atoms. The van der Waals surface area contributed by atoms with Crippen LogP contribution >= 0.6 is 0 Å². The Morgan fingerprint density at radius 1 is 0.371 bits per heavy atom. The van der Waals surface area contributed by atoms with Gasteiger partial charge in [0, 0.05) is 43.8 Å². The molecule has 290 valence electrons. The maximum absolute atomic E-state index is 9.20. The Balaban J connectivity index is 1.09. The van der Waals surface area contributed by atoms with Gasteiger partial charge in [-0.1, -0.05) is 176 Å². The Bertz CT molecular complexity index is 4460. The smallest absolute Gasteiger partial charge is 0.166 e. The van der Waals surface area contributed by atoms with Gasteiger partial charge < -0.3 is 8.98 Å². The molecule has 0 atom stereocenters. The van der Waals surface area contributed by atoms with Gasteiger partial charge in [0.2, 0.25) is 0 Å². The van der Waals surface area contributed by atoms with Crippen molar-refractivity contribution in [3.05, 3.63) is 218 Å². The lowest BCUT2D eigenvalue weighted by atomic mass is 9.98. The van der Waals surface area contributed by atoms with Crippen LogP contribution in [-0.4, -0.2) is 19.5 Å². The first kappa shape index (κ1) is 24.0. The molecule has 12 rings (SSSR count). The van der Waals surface area contributed by atoms with Gasteiger partial charge in [-0.2, -0.15) is 0 Å². The third kappa shape index (κ3) is 6.06. The van der Waals surface area contributed by atoms with E-state index in [1.807, 2.05) is 66.7 Å². The van der Waals surface area contributed by atoms with Gasteiger partial charge >= 0.3 is 0 Å². The molecule has 0 radical (unpaired) electrons. The number of hydrogen-bond acceptors (Lipinski definition) is 4. The number of aromatic nitrogens is 4. The molecule has 9 aromatic carbocycles. The zero-order valence-electron chi connectivity index (χ0n) is 46.4. The molecule has 0 fully saturated rings. The molecular weight excluding hydrogens is 757 g/mol. The highest BCUT2D eigenvalue weighted by Crippen LogP contribution is 2.39. The largest absolute Gasteiger partial charge is 0.455 e. The predicted octanol–water partition coefficient (Wildman–Crippen LogP) is 14.9. The fraction of sp³-hybridized carbons (Fsp3) is 0. The van der Waals surface area contributed by atoms with Gasteiger partial charge in [0.1, 0.15) is 11.2 Å². The van der Waals surface area contributed by atoms with Gasteiger partial charge in [0.05, 0.1) is 35.9 Å². The first-order valence-corrected chi connectivity index (χ1v) is 19.7. The van der Waals surface area contributed by atoms with Crippen LogP contribution in [0.25, 0.3) is 117 Å². The highest BCUT2D eigenvalue weighted by Gasteiger charge is 2.20. The van der Waals surface area contributed by atoms with E-state index < -0.39 is 60.4 Å². The molecule has 5 heteroatoms. The van der Waals surface area contributed by atoms with Gasteiger partial charge in [-0.05, 0) is 70.2 Å². The van der Waals surface area contributed by atoms with E-state index in [9.17, 15) is 1.37 Å². The summed E-state index contributed by atoms with van der Waals surface area (Å²) in [5.41, 5.74) is 5.78. The summed E-state index contributed by atoms with van der Waals surface area (Å²) in [5, 5.41) is -0.126. The zero-order chi connectivity index (χ0) is 53.2. The molecule has 62 heavy (non-hydrogen) atoms. The predicted molar refractivity (Wildman–Crippen MR) is 254 cm³/mol. The van der Waals surface area contributed by atoms with Crippen LogP contribution in [0.2, 0.25) is 0 Å². The summed E-state index contributed by atoms with van der Waals surface area (Å²) >= 11 is 0. The van der Waals surface area contributed by atoms with Crippen molar-refractivity contribution >= 4 is 43.7 Å². The SMILES string of the molecule is [2H]c1cc([2H])c2c(c1[2H])c1c([2H])c([2H])c([2H])c([2H])c1n2-c1ccccc1-c1nc(-c2ccc(-c3cccc(-c4ccccc4)c3)cc2)nc(-c2cccc(-c3c([2H])c([2H])c([2H])c4c3oc3c([2H])c([2H])c([2H])c([2H])c34)c2)n1. The van der Waals surface area contributed by atoms with Gasteiger partial charge in [0.15, 0.2) is 17.5 Å². The number of furan rings is 1. The van der Waals surface area contributed by atoms with E-state index in [1.165, 1.54) is 10.6 Å². The van der Waals surface area contributed by atoms with Crippen LogP contribution in [0.3, 0.4) is 0 Å². The second kappa shape index (κ2) is 14.7. The first-order valence-electron chi connectivity index (χ1n) is 26.7. The molecule has 0 aliphatic rings. The third-order valence-electron chi connectivity index (χ3n) is 10.9. The minimum absolute atomic E-state index is 0.0114. The number of fused-ring (bicyclic) bond motifs is 6. The Hall–Kier alpha value is -8.41. The summed E-state index contributed by atoms with van der Waals surface area (Å²) in [6.45, 7) is 0. The van der Waals surface area contributed by atoms with E-state index in [0.29, 0.717) is 27.9 Å². The van der Waals surface area contributed by atoms with Crippen molar-refractivity contribution in [1.82, 2.24) is 19.5 Å². The molecule has 5 nitrogen and oxygen atoms in total. The Morgan fingerprint density at radius 3 is 1.79 bits per heavy atom. The van der Waals surface area contributed by atoms with Crippen LogP contribution < -0.4 is 0 Å². The molecule has 0 saturated heterocycles. The Labute approximate surface area is 377 Å². The number of rotatable bonds is 7. The summed E-state index contributed by atoms with van der Waals surface area (Å²) in [4.78, 5) is 15.2. The van der Waals surface area contributed by atoms with E-state index >= 15 is 0 Å². The molecule has 0 saturated carbocycles. The van der Waals surface area contributed by atoms with Crippen molar-refractivity contribution in [2.24, 2.45) is 0 Å². The van der Waals surface area contributed by atoms with E-state index in [1.54, 1.807) is 48.5 Å². The van der Waals surface area contributed by atoms with E-state index in [4.69, 9.17) is 37.2 Å². The molecule has 0 N–H and O–H groups in total. The lowest BCUT2D eigenvalue weighted by Gasteiger charge is -2.15. The quantitative estimate of drug-likeness (QED) is 0.161. The molecule has 0 unspecified atom stereocenters. The summed E-state index contributed by atoms with van der Waals surface area (Å²) in [6, 6.07) is 34.7. The maximum Gasteiger partial charge on any atom is 0.166 e. The molecule has 0 aliphatic carbocycles. The Kier molecular flexibility index (Phi) is 5.69. The van der Waals surface area contributed by atoms with Crippen molar-refractivity contribution in [1.29, 1.82) is 0 Å². The number of benzene rings is 9. The average Bonchev–Trinajstić information content (AvgIpc) is 4.23. The molecule has 0 spiro atoms. The maximum atomic E-state index is 9.20. The van der Waals surface area contributed by atoms with E-state index in [-0.39, 0.29) is 91.0 Å². The fourth-order valence-electron chi connectivity index (χ4n) is 7.99. The van der Waals surface area contributed by atoms with Crippen LogP contribution in [0.5, 0.6) is 0 Å². The van der Waals surface area contributed by atoms with Crippen LogP contribution in [0.15, 0.2) is 222 Å². The minimum Gasteiger partial charge on any atom is -0.455 e. The van der Waals surface area contributed by atoms with Crippen molar-refractivity contribution in [3.63, 3.8) is 0 Å². The third-order valence-corrected chi connectivity index (χ3v) is 10.9. The number of para-hydroxylation sites is 5. The standard InChI is InChI=1S/C57H36N4O/c1-2-15-37(16-3-1)40-17-12-18-41(35-40)38-31-33-39(34-32-38)55-58-56(43-20-13-19-42(36-43)44-25-14-26-48-47-23-7-11-30-53(47)62-54(44)48)60-57(59-55)49-24-6-10-29-52(49)61-50-27-8-4-21-45(50)46-22-5-9-28-51(46)61/h1-36H/i4D,5D,7D,8D,11D,14D,21D,22D,23D,25D,26D,27D,28D,30D. The molecular formula is C57H36N4O. The summed E-state index contributed by atoms with van der Waals surface area (Å²) in [5.74, 6) is 0.449. The normalized spacial score (nSPS) is 14.7. The summed E-state index contributed by atoms with van der Waals surface area (Å²) < 4.78 is 131. The molecule has 0 amide bonds. The lowest BCUT2D eigenvalue weighted by molar-refractivity contribution is 0.670. The van der Waals surface area contributed by atoms with Crippen molar-refractivity contribution < 1.29 is 23.6 Å². The molecule has 3 heterocycles. The van der Waals surface area contributed by atoms with Gasteiger partial charge in [-0.15, -0.1) is 0 Å². The second-order valence-corrected chi connectivity index (χ2v) is 14.5. The first-order chi connectivity index (χ1) is 36.5. The van der Waals surface area contributed by atoms with Crippen molar-refractivity contribution in [3.8, 4) is 73.2 Å². The van der Waals surface area contributed by atoms with Crippen molar-refractivity contribution in [2.45, 2.75) is 0 Å². The van der Waals surface area contributed by atoms with Gasteiger partial charge in [-0.25, -0.2) is 15.0 Å². The van der Waals surface area contributed by atoms with Gasteiger partial charge in [-0.3, -0.25) is 0 Å². The minimum atomic E-state index is -0.537. The second-order valence-electron chi connectivity index (χ2n) is 14.5. The number of hydrogen-bond donors (Lipinski definition) is 0. The monoisotopic (exact) mass is 806 g/mol. The zero-order valence-corrected chi connectivity index (χ0v) is 32.4. The average molecular weight is 807 g/mol. The van der Waals surface area contributed by atoms with E-state index in [2.05, 4.69) is 12.1 Å². The van der Waals surface area contributed by atoms with Crippen LogP contribution in [0.1, 0.15) is 19.2 Å². The topological polar surface area (TPSA) is 56.7 Å². The molecule has 3 aromatic heterocycles. The van der Waals surface area contributed by atoms with Crippen molar-refractivity contribution in [2.75, 3.05) is 0 Å². The van der Waals surface area contributed by atoms with Crippen LogP contribution in [0.4, 0.5) is 0 Å². The molecule has 12 aromatic rings. The highest BCUT2D eigenvalue weighted by atomic mass is 16.3. The summed E-state index contributed by atoms with van der Waals surface area (Å²) in [7, 11) is 0. The van der Waals surface area contributed by atoms with Crippen LogP contribution in [-0.2, 0) is 0 Å². The Morgan fingerprint density at radius 2 is 0.952 bits per heavy atom. The number of nitrogens with zero attached hydrogens (tertiary/aromatic N) is 4. The fourth-order valence-corrected chi connectivity index (χ4v) is 7.99. The van der Waals surface area contributed by atoms with Crippen LogP contribution in [0, 0.1) is 0 Å².